The lowest BCUT2D eigenvalue weighted by Gasteiger charge is -2.23. The highest BCUT2D eigenvalue weighted by Gasteiger charge is 2.54. The molecule has 3 aliphatic rings. The first-order valence-corrected chi connectivity index (χ1v) is 9.59. The highest BCUT2D eigenvalue weighted by Crippen LogP contribution is 2.60. The first-order valence-electron chi connectivity index (χ1n) is 8.60. The summed E-state index contributed by atoms with van der Waals surface area (Å²) in [6.07, 6.45) is 4.13. The Bertz CT molecular complexity index is 646. The van der Waals surface area contributed by atoms with Gasteiger partial charge in [-0.1, -0.05) is 6.07 Å². The molecule has 0 radical (unpaired) electrons. The first-order chi connectivity index (χ1) is 11.6. The minimum absolute atomic E-state index is 0.131. The topological polar surface area (TPSA) is 76.0 Å². The van der Waals surface area contributed by atoms with E-state index in [0.717, 1.165) is 55.1 Å². The molecule has 2 aliphatic heterocycles. The second-order valence-electron chi connectivity index (χ2n) is 6.87. The molecular weight excluding hydrogens is 327 g/mol. The van der Waals surface area contributed by atoms with E-state index in [1.54, 1.807) is 11.8 Å². The molecule has 1 aromatic rings. The van der Waals surface area contributed by atoms with Gasteiger partial charge in [0.2, 0.25) is 0 Å². The van der Waals surface area contributed by atoms with Gasteiger partial charge in [0.05, 0.1) is 0 Å². The molecule has 24 heavy (non-hydrogen) atoms. The van der Waals surface area contributed by atoms with Gasteiger partial charge >= 0.3 is 13.1 Å². The van der Waals surface area contributed by atoms with Crippen molar-refractivity contribution in [2.45, 2.75) is 42.3 Å². The Balaban J connectivity index is 1.50. The Morgan fingerprint density at radius 3 is 2.88 bits per heavy atom. The summed E-state index contributed by atoms with van der Waals surface area (Å²) in [5, 5.41) is 19.6. The number of fused-ring (bicyclic) bond motifs is 3. The van der Waals surface area contributed by atoms with Crippen molar-refractivity contribution in [1.82, 2.24) is 0 Å². The number of thioether (sulfide) groups is 1. The average Bonchev–Trinajstić information content (AvgIpc) is 3.37. The van der Waals surface area contributed by atoms with E-state index in [-0.39, 0.29) is 17.3 Å². The van der Waals surface area contributed by atoms with Crippen LogP contribution in [0, 0.1) is 5.92 Å². The van der Waals surface area contributed by atoms with Crippen molar-refractivity contribution in [2.24, 2.45) is 5.92 Å². The molecule has 2 unspecified atom stereocenters. The SMILES string of the molecule is O=C(O)c1c(SCCC2CCOCC2)ccc2c1OB(O)C1CC21. The van der Waals surface area contributed by atoms with E-state index in [9.17, 15) is 14.9 Å². The molecule has 2 fully saturated rings. The van der Waals surface area contributed by atoms with Crippen molar-refractivity contribution in [2.75, 3.05) is 19.0 Å². The normalized spacial score (nSPS) is 25.6. The van der Waals surface area contributed by atoms with Crippen LogP contribution in [0.2, 0.25) is 5.82 Å². The number of benzene rings is 1. The van der Waals surface area contributed by atoms with E-state index in [1.807, 2.05) is 12.1 Å². The summed E-state index contributed by atoms with van der Waals surface area (Å²) in [4.78, 5) is 12.5. The summed E-state index contributed by atoms with van der Waals surface area (Å²) in [6, 6.07) is 3.89. The second-order valence-corrected chi connectivity index (χ2v) is 8.01. The number of carboxylic acid groups (broad SMARTS) is 1. The summed E-state index contributed by atoms with van der Waals surface area (Å²) < 4.78 is 10.9. The maximum atomic E-state index is 11.8. The van der Waals surface area contributed by atoms with Crippen LogP contribution in [0.5, 0.6) is 5.75 Å². The van der Waals surface area contributed by atoms with Crippen LogP contribution in [0.3, 0.4) is 0 Å². The van der Waals surface area contributed by atoms with Gasteiger partial charge in [-0.25, -0.2) is 4.79 Å². The number of carbonyl (C=O) groups is 1. The monoisotopic (exact) mass is 348 g/mol. The standard InChI is InChI=1S/C17H21BO5S/c19-17(20)15-14(24-8-5-10-3-6-22-7-4-10)2-1-11-12-9-13(12)18(21)23-16(11)15/h1-2,10,12-13,21H,3-9H2,(H,19,20). The van der Waals surface area contributed by atoms with Crippen LogP contribution in [0.15, 0.2) is 17.0 Å². The molecule has 0 aromatic heterocycles. The van der Waals surface area contributed by atoms with Crippen molar-refractivity contribution in [1.29, 1.82) is 0 Å². The lowest BCUT2D eigenvalue weighted by molar-refractivity contribution is 0.0657. The van der Waals surface area contributed by atoms with Gasteiger partial charge in [-0.05, 0) is 54.9 Å². The fourth-order valence-electron chi connectivity index (χ4n) is 3.79. The van der Waals surface area contributed by atoms with Crippen LogP contribution < -0.4 is 4.65 Å². The maximum Gasteiger partial charge on any atom is 0.526 e. The van der Waals surface area contributed by atoms with Gasteiger partial charge in [0.15, 0.2) is 0 Å². The predicted molar refractivity (Wildman–Crippen MR) is 92.0 cm³/mol. The molecule has 2 atom stereocenters. The first kappa shape index (κ1) is 16.3. The van der Waals surface area contributed by atoms with Crippen LogP contribution in [-0.4, -0.2) is 42.2 Å². The quantitative estimate of drug-likeness (QED) is 0.629. The molecular formula is C17H21BO5S. The minimum atomic E-state index is -0.980. The Hall–Kier alpha value is -1.18. The molecule has 5 nitrogen and oxygen atoms in total. The predicted octanol–water partition coefficient (Wildman–Crippen LogP) is 3.02. The number of hydrogen-bond acceptors (Lipinski definition) is 5. The highest BCUT2D eigenvalue weighted by molar-refractivity contribution is 7.99. The van der Waals surface area contributed by atoms with Gasteiger partial charge in [-0.3, -0.25) is 0 Å². The fourth-order valence-corrected chi connectivity index (χ4v) is 4.95. The van der Waals surface area contributed by atoms with Gasteiger partial charge in [0.1, 0.15) is 11.3 Å². The lowest BCUT2D eigenvalue weighted by atomic mass is 9.77. The summed E-state index contributed by atoms with van der Waals surface area (Å²) in [5.41, 5.74) is 1.16. The van der Waals surface area contributed by atoms with Crippen molar-refractivity contribution in [3.8, 4) is 5.75 Å². The van der Waals surface area contributed by atoms with Crippen molar-refractivity contribution >= 4 is 24.8 Å². The van der Waals surface area contributed by atoms with Gasteiger partial charge in [-0.2, -0.15) is 0 Å². The Morgan fingerprint density at radius 1 is 1.33 bits per heavy atom. The van der Waals surface area contributed by atoms with E-state index in [0.29, 0.717) is 11.7 Å². The van der Waals surface area contributed by atoms with Crippen molar-refractivity contribution in [3.05, 3.63) is 23.3 Å². The highest BCUT2D eigenvalue weighted by atomic mass is 32.2. The molecule has 1 saturated heterocycles. The molecule has 7 heteroatoms. The third-order valence-corrected chi connectivity index (χ3v) is 6.42. The Labute approximate surface area is 145 Å². The number of rotatable bonds is 5. The van der Waals surface area contributed by atoms with Gasteiger partial charge in [0, 0.05) is 23.9 Å². The smallest absolute Gasteiger partial charge is 0.526 e. The number of carboxylic acids is 1. The summed E-state index contributed by atoms with van der Waals surface area (Å²) >= 11 is 1.57. The zero-order chi connectivity index (χ0) is 16.7. The van der Waals surface area contributed by atoms with E-state index < -0.39 is 13.1 Å². The molecule has 128 valence electrons. The van der Waals surface area contributed by atoms with E-state index >= 15 is 0 Å². The van der Waals surface area contributed by atoms with Crippen LogP contribution in [0.4, 0.5) is 0 Å². The summed E-state index contributed by atoms with van der Waals surface area (Å²) in [6.45, 7) is 1.67. The molecule has 0 bridgehead atoms. The zero-order valence-corrected chi connectivity index (χ0v) is 14.3. The second kappa shape index (κ2) is 6.62. The number of ether oxygens (including phenoxy) is 1. The minimum Gasteiger partial charge on any atom is -0.535 e. The van der Waals surface area contributed by atoms with Crippen molar-refractivity contribution in [3.63, 3.8) is 0 Å². The molecule has 0 amide bonds. The van der Waals surface area contributed by atoms with Gasteiger partial charge in [-0.15, -0.1) is 11.8 Å². The number of aromatic carboxylic acids is 1. The summed E-state index contributed by atoms with van der Waals surface area (Å²) in [7, 11) is -0.872. The third-order valence-electron chi connectivity index (χ3n) is 5.33. The molecule has 0 spiro atoms. The maximum absolute atomic E-state index is 11.8. The molecule has 1 saturated carbocycles. The molecule has 1 aliphatic carbocycles. The van der Waals surface area contributed by atoms with E-state index in [4.69, 9.17) is 9.39 Å². The molecule has 2 heterocycles. The molecule has 1 aromatic carbocycles. The Kier molecular flexibility index (Phi) is 4.49. The van der Waals surface area contributed by atoms with Crippen LogP contribution in [0.1, 0.15) is 47.5 Å². The average molecular weight is 348 g/mol. The zero-order valence-electron chi connectivity index (χ0n) is 13.4. The van der Waals surface area contributed by atoms with Crippen molar-refractivity contribution < 1.29 is 24.3 Å². The van der Waals surface area contributed by atoms with Crippen LogP contribution in [0.25, 0.3) is 0 Å². The van der Waals surface area contributed by atoms with E-state index in [1.165, 1.54) is 0 Å². The Morgan fingerprint density at radius 2 is 2.12 bits per heavy atom. The van der Waals surface area contributed by atoms with E-state index in [2.05, 4.69) is 0 Å². The molecule has 2 N–H and O–H groups in total. The number of hydrogen-bond donors (Lipinski definition) is 2. The molecule has 4 rings (SSSR count). The fraction of sp³-hybridized carbons (Fsp3) is 0.588. The summed E-state index contributed by atoms with van der Waals surface area (Å²) in [5.74, 6) is 1.34. The van der Waals surface area contributed by atoms with Crippen LogP contribution in [-0.2, 0) is 4.74 Å². The van der Waals surface area contributed by atoms with Crippen LogP contribution >= 0.6 is 11.8 Å². The lowest BCUT2D eigenvalue weighted by Crippen LogP contribution is -2.27. The van der Waals surface area contributed by atoms with Gasteiger partial charge in [0.25, 0.3) is 0 Å². The van der Waals surface area contributed by atoms with Gasteiger partial charge < -0.3 is 19.5 Å². The third kappa shape index (κ3) is 3.05. The largest absolute Gasteiger partial charge is 0.535 e.